The van der Waals surface area contributed by atoms with E-state index < -0.39 is 15.9 Å². The van der Waals surface area contributed by atoms with Crippen LogP contribution in [0.3, 0.4) is 0 Å². The number of hydrogen-bond donors (Lipinski definition) is 2. The quantitative estimate of drug-likeness (QED) is 0.869. The van der Waals surface area contributed by atoms with Gasteiger partial charge in [-0.05, 0) is 17.7 Å². The zero-order valence-electron chi connectivity index (χ0n) is 9.83. The van der Waals surface area contributed by atoms with E-state index in [0.29, 0.717) is 11.1 Å². The van der Waals surface area contributed by atoms with E-state index in [4.69, 9.17) is 10.9 Å². The average molecular weight is 275 g/mol. The highest BCUT2D eigenvalue weighted by atomic mass is 32.2. The molecule has 0 saturated carbocycles. The third-order valence-corrected chi connectivity index (χ3v) is 3.56. The Hall–Kier alpha value is -2.18. The lowest BCUT2D eigenvalue weighted by molar-refractivity contribution is 0.100. The monoisotopic (exact) mass is 275 g/mol. The summed E-state index contributed by atoms with van der Waals surface area (Å²) < 4.78 is 23.1. The van der Waals surface area contributed by atoms with E-state index in [9.17, 15) is 13.2 Å². The van der Waals surface area contributed by atoms with Crippen molar-refractivity contribution in [3.8, 4) is 11.1 Å². The predicted molar refractivity (Wildman–Crippen MR) is 70.6 cm³/mol. The first-order valence-electron chi connectivity index (χ1n) is 5.34. The largest absolute Gasteiger partial charge is 0.366 e. The molecule has 0 saturated heterocycles. The molecule has 5 nitrogen and oxygen atoms in total. The molecule has 0 bridgehead atoms. The van der Waals surface area contributed by atoms with Crippen LogP contribution in [0.5, 0.6) is 0 Å². The van der Waals surface area contributed by atoms with E-state index in [2.05, 4.69) is 6.07 Å². The summed E-state index contributed by atoms with van der Waals surface area (Å²) in [6.07, 6.45) is 0. The van der Waals surface area contributed by atoms with Crippen molar-refractivity contribution >= 4 is 15.9 Å². The normalized spacial score (nSPS) is 11.2. The number of amides is 1. The number of benzene rings is 2. The molecule has 1 radical (unpaired) electrons. The van der Waals surface area contributed by atoms with Crippen molar-refractivity contribution in [2.45, 2.75) is 4.90 Å². The van der Waals surface area contributed by atoms with Crippen LogP contribution in [0.4, 0.5) is 0 Å². The lowest BCUT2D eigenvalue weighted by atomic mass is 9.99. The van der Waals surface area contributed by atoms with Crippen LogP contribution >= 0.6 is 0 Å². The molecule has 0 aliphatic carbocycles. The van der Waals surface area contributed by atoms with Crippen LogP contribution in [-0.4, -0.2) is 14.3 Å². The third kappa shape index (κ3) is 2.64. The van der Waals surface area contributed by atoms with Gasteiger partial charge in [0.15, 0.2) is 0 Å². The molecule has 2 rings (SSSR count). The van der Waals surface area contributed by atoms with Gasteiger partial charge in [0.1, 0.15) is 0 Å². The number of sulfonamides is 1. The molecule has 6 heteroatoms. The molecule has 1 amide bonds. The van der Waals surface area contributed by atoms with Crippen molar-refractivity contribution in [3.05, 3.63) is 54.1 Å². The minimum absolute atomic E-state index is 0.0582. The maximum Gasteiger partial charge on any atom is 0.249 e. The summed E-state index contributed by atoms with van der Waals surface area (Å²) in [6.45, 7) is 0. The Balaban J connectivity index is 2.78. The predicted octanol–water partition coefficient (Wildman–Crippen LogP) is 0.900. The topological polar surface area (TPSA) is 103 Å². The highest BCUT2D eigenvalue weighted by Crippen LogP contribution is 2.28. The number of carbonyl (C=O) groups is 1. The lowest BCUT2D eigenvalue weighted by Gasteiger charge is -2.10. The fraction of sp³-hybridized carbons (Fsp3) is 0. The number of carbonyl (C=O) groups excluding carboxylic acids is 1. The first-order chi connectivity index (χ1) is 8.91. The fourth-order valence-electron chi connectivity index (χ4n) is 1.80. The molecule has 2 aromatic rings. The first-order valence-corrected chi connectivity index (χ1v) is 6.88. The minimum Gasteiger partial charge on any atom is -0.366 e. The number of hydrogen-bond acceptors (Lipinski definition) is 3. The summed E-state index contributed by atoms with van der Waals surface area (Å²) >= 11 is 0. The molecule has 4 N–H and O–H groups in total. The summed E-state index contributed by atoms with van der Waals surface area (Å²) in [5.74, 6) is -0.681. The van der Waals surface area contributed by atoms with Gasteiger partial charge < -0.3 is 5.73 Å². The Morgan fingerprint density at radius 2 is 1.68 bits per heavy atom. The number of nitrogens with two attached hydrogens (primary N) is 2. The summed E-state index contributed by atoms with van der Waals surface area (Å²) in [5.41, 5.74) is 6.10. The molecule has 0 aliphatic rings. The smallest absolute Gasteiger partial charge is 0.249 e. The standard InChI is InChI=1S/C13H11N2O3S/c14-13(16)11-7-2-1-5-9(11)10-6-3-4-8-12(10)19(15,17)18/h1-6,8H,(H2,14,16)(H2,15,17,18). The van der Waals surface area contributed by atoms with Gasteiger partial charge in [-0.15, -0.1) is 0 Å². The van der Waals surface area contributed by atoms with Crippen molar-refractivity contribution < 1.29 is 13.2 Å². The molecular formula is C13H11N2O3S. The molecule has 0 fully saturated rings. The Morgan fingerprint density at radius 1 is 1.05 bits per heavy atom. The molecule has 97 valence electrons. The molecule has 0 atom stereocenters. The highest BCUT2D eigenvalue weighted by Gasteiger charge is 2.18. The molecule has 0 heterocycles. The average Bonchev–Trinajstić information content (AvgIpc) is 2.37. The van der Waals surface area contributed by atoms with Crippen molar-refractivity contribution in [1.29, 1.82) is 0 Å². The van der Waals surface area contributed by atoms with Crippen LogP contribution in [0.25, 0.3) is 11.1 Å². The lowest BCUT2D eigenvalue weighted by Crippen LogP contribution is -2.15. The van der Waals surface area contributed by atoms with E-state index >= 15 is 0 Å². The van der Waals surface area contributed by atoms with E-state index in [1.807, 2.05) is 0 Å². The van der Waals surface area contributed by atoms with E-state index in [-0.39, 0.29) is 10.5 Å². The van der Waals surface area contributed by atoms with E-state index in [1.54, 1.807) is 30.3 Å². The second-order valence-electron chi connectivity index (χ2n) is 3.86. The van der Waals surface area contributed by atoms with Gasteiger partial charge in [-0.25, -0.2) is 13.6 Å². The van der Waals surface area contributed by atoms with E-state index in [0.717, 1.165) is 0 Å². The first kappa shape index (κ1) is 13.3. The molecule has 19 heavy (non-hydrogen) atoms. The summed E-state index contributed by atoms with van der Waals surface area (Å²) in [7, 11) is -3.89. The van der Waals surface area contributed by atoms with Crippen molar-refractivity contribution in [3.63, 3.8) is 0 Å². The minimum atomic E-state index is -3.89. The van der Waals surface area contributed by atoms with Crippen LogP contribution in [0, 0.1) is 6.07 Å². The van der Waals surface area contributed by atoms with Crippen LogP contribution in [0.15, 0.2) is 47.4 Å². The second kappa shape index (κ2) is 4.83. The van der Waals surface area contributed by atoms with Gasteiger partial charge in [0.05, 0.1) is 10.5 Å². The third-order valence-electron chi connectivity index (χ3n) is 2.59. The van der Waals surface area contributed by atoms with Crippen molar-refractivity contribution in [2.75, 3.05) is 0 Å². The second-order valence-corrected chi connectivity index (χ2v) is 5.39. The Morgan fingerprint density at radius 3 is 2.32 bits per heavy atom. The SMILES string of the molecule is NC(=O)c1[c]cccc1-c1ccccc1S(N)(=O)=O. The van der Waals surface area contributed by atoms with Gasteiger partial charge in [0, 0.05) is 5.56 Å². The molecule has 0 aromatic heterocycles. The van der Waals surface area contributed by atoms with Gasteiger partial charge >= 0.3 is 0 Å². The van der Waals surface area contributed by atoms with Gasteiger partial charge in [-0.1, -0.05) is 36.4 Å². The molecule has 0 aliphatic heterocycles. The van der Waals surface area contributed by atoms with Gasteiger partial charge in [-0.2, -0.15) is 0 Å². The molecule has 0 unspecified atom stereocenters. The van der Waals surface area contributed by atoms with Crippen LogP contribution in [0.2, 0.25) is 0 Å². The van der Waals surface area contributed by atoms with Crippen LogP contribution in [-0.2, 0) is 10.0 Å². The van der Waals surface area contributed by atoms with Crippen LogP contribution in [0.1, 0.15) is 10.4 Å². The fourth-order valence-corrected chi connectivity index (χ4v) is 2.56. The Labute approximate surface area is 110 Å². The van der Waals surface area contributed by atoms with Crippen LogP contribution < -0.4 is 10.9 Å². The van der Waals surface area contributed by atoms with Gasteiger partial charge in [0.25, 0.3) is 0 Å². The summed E-state index contributed by atoms with van der Waals surface area (Å²) in [4.78, 5) is 11.3. The van der Waals surface area contributed by atoms with Gasteiger partial charge in [0.2, 0.25) is 15.9 Å². The molecule has 2 aromatic carbocycles. The molecular weight excluding hydrogens is 264 g/mol. The zero-order valence-corrected chi connectivity index (χ0v) is 10.6. The summed E-state index contributed by atoms with van der Waals surface area (Å²) in [5, 5.41) is 5.17. The number of primary sulfonamides is 1. The van der Waals surface area contributed by atoms with Crippen molar-refractivity contribution in [1.82, 2.24) is 0 Å². The van der Waals surface area contributed by atoms with Gasteiger partial charge in [-0.3, -0.25) is 4.79 Å². The van der Waals surface area contributed by atoms with E-state index in [1.165, 1.54) is 12.1 Å². The number of primary amides is 1. The zero-order chi connectivity index (χ0) is 14.0. The number of rotatable bonds is 3. The molecule has 0 spiro atoms. The van der Waals surface area contributed by atoms with Crippen molar-refractivity contribution in [2.24, 2.45) is 10.9 Å². The Kier molecular flexibility index (Phi) is 3.37. The maximum atomic E-state index is 11.6. The summed E-state index contributed by atoms with van der Waals surface area (Å²) in [6, 6.07) is 13.6. The Bertz CT molecular complexity index is 739. The highest BCUT2D eigenvalue weighted by molar-refractivity contribution is 7.89. The maximum absolute atomic E-state index is 11.6.